The van der Waals surface area contributed by atoms with Crippen molar-refractivity contribution >= 4 is 11.8 Å². The summed E-state index contributed by atoms with van der Waals surface area (Å²) < 4.78 is 5.95. The van der Waals surface area contributed by atoms with Gasteiger partial charge in [0.25, 0.3) is 5.91 Å². The Morgan fingerprint density at radius 2 is 1.61 bits per heavy atom. The van der Waals surface area contributed by atoms with Gasteiger partial charge in [-0.25, -0.2) is 0 Å². The van der Waals surface area contributed by atoms with E-state index in [2.05, 4.69) is 11.4 Å². The van der Waals surface area contributed by atoms with Gasteiger partial charge in [0, 0.05) is 19.0 Å². The van der Waals surface area contributed by atoms with E-state index in [4.69, 9.17) is 4.74 Å². The van der Waals surface area contributed by atoms with Crippen LogP contribution in [0, 0.1) is 20.8 Å². The maximum Gasteiger partial charge on any atom is 0.261 e. The molecule has 0 heterocycles. The molecule has 2 amide bonds. The molecule has 5 nitrogen and oxygen atoms in total. The lowest BCUT2D eigenvalue weighted by molar-refractivity contribution is -0.143. The van der Waals surface area contributed by atoms with Crippen LogP contribution >= 0.6 is 0 Å². The Balaban J connectivity index is 1.61. The molecule has 1 saturated carbocycles. The summed E-state index contributed by atoms with van der Waals surface area (Å²) in [6.07, 6.45) is 5.90. The highest BCUT2D eigenvalue weighted by atomic mass is 16.5. The van der Waals surface area contributed by atoms with E-state index in [1.54, 1.807) is 4.90 Å². The number of carbonyl (C=O) groups is 2. The van der Waals surface area contributed by atoms with Crippen LogP contribution in [0.3, 0.4) is 0 Å². The third-order valence-corrected chi connectivity index (χ3v) is 7.50. The molecule has 0 aromatic heterocycles. The first kappa shape index (κ1) is 27.4. The van der Waals surface area contributed by atoms with Gasteiger partial charge in [-0.1, -0.05) is 85.5 Å². The monoisotopic (exact) mass is 512 g/mol. The van der Waals surface area contributed by atoms with E-state index < -0.39 is 6.04 Å². The van der Waals surface area contributed by atoms with E-state index in [-0.39, 0.29) is 24.5 Å². The zero-order valence-electron chi connectivity index (χ0n) is 22.9. The van der Waals surface area contributed by atoms with Gasteiger partial charge < -0.3 is 15.0 Å². The van der Waals surface area contributed by atoms with E-state index in [1.165, 1.54) is 12.0 Å². The average molecular weight is 513 g/mol. The van der Waals surface area contributed by atoms with Crippen LogP contribution in [-0.4, -0.2) is 35.4 Å². The third kappa shape index (κ3) is 7.70. The van der Waals surface area contributed by atoms with Gasteiger partial charge in [0.05, 0.1) is 0 Å². The minimum atomic E-state index is -0.643. The van der Waals surface area contributed by atoms with E-state index in [1.807, 2.05) is 87.5 Å². The summed E-state index contributed by atoms with van der Waals surface area (Å²) in [5, 5.41) is 3.29. The number of hydrogen-bond acceptors (Lipinski definition) is 3. The number of hydrogen-bond donors (Lipinski definition) is 1. The van der Waals surface area contributed by atoms with Crippen LogP contribution in [0.15, 0.2) is 72.8 Å². The standard InChI is InChI=1S/C33H40N2O3/c1-24-11-10-14-28(19-24)22-35(32(36)23-38-30-18-17-25(2)26(3)20-30)31(21-27-12-6-4-7-13-27)33(37)34-29-15-8-5-9-16-29/h4,6-7,10-14,17-20,29,31H,5,8-9,15-16,21-23H2,1-3H3,(H,34,37). The van der Waals surface area contributed by atoms with Crippen molar-refractivity contribution in [2.45, 2.75) is 77.9 Å². The molecule has 1 aliphatic rings. The number of amides is 2. The first-order valence-corrected chi connectivity index (χ1v) is 13.8. The minimum absolute atomic E-state index is 0.0899. The smallest absolute Gasteiger partial charge is 0.261 e. The number of carbonyl (C=O) groups excluding carboxylic acids is 2. The highest BCUT2D eigenvalue weighted by Crippen LogP contribution is 2.21. The zero-order chi connectivity index (χ0) is 26.9. The van der Waals surface area contributed by atoms with E-state index in [0.717, 1.165) is 47.9 Å². The average Bonchev–Trinajstić information content (AvgIpc) is 2.92. The molecule has 1 fully saturated rings. The fourth-order valence-electron chi connectivity index (χ4n) is 5.14. The molecule has 0 spiro atoms. The van der Waals surface area contributed by atoms with E-state index in [9.17, 15) is 9.59 Å². The molecule has 1 atom stereocenters. The second-order valence-corrected chi connectivity index (χ2v) is 10.6. The third-order valence-electron chi connectivity index (χ3n) is 7.50. The van der Waals surface area contributed by atoms with Gasteiger partial charge >= 0.3 is 0 Å². The van der Waals surface area contributed by atoms with Crippen LogP contribution in [0.4, 0.5) is 0 Å². The molecule has 38 heavy (non-hydrogen) atoms. The van der Waals surface area contributed by atoms with Gasteiger partial charge in [0.15, 0.2) is 6.61 Å². The summed E-state index contributed by atoms with van der Waals surface area (Å²) >= 11 is 0. The molecular formula is C33H40N2O3. The summed E-state index contributed by atoms with van der Waals surface area (Å²) in [6.45, 7) is 6.32. The molecule has 1 unspecified atom stereocenters. The Morgan fingerprint density at radius 1 is 0.868 bits per heavy atom. The fourth-order valence-corrected chi connectivity index (χ4v) is 5.14. The quantitative estimate of drug-likeness (QED) is 0.358. The van der Waals surface area contributed by atoms with Crippen LogP contribution in [0.2, 0.25) is 0 Å². The minimum Gasteiger partial charge on any atom is -0.484 e. The molecule has 3 aromatic carbocycles. The molecule has 4 rings (SSSR count). The van der Waals surface area contributed by atoms with Crippen LogP contribution in [0.25, 0.3) is 0 Å². The van der Waals surface area contributed by atoms with Crippen LogP contribution in [-0.2, 0) is 22.6 Å². The van der Waals surface area contributed by atoms with Gasteiger partial charge in [0.1, 0.15) is 11.8 Å². The molecule has 0 radical (unpaired) electrons. The van der Waals surface area contributed by atoms with Crippen molar-refractivity contribution in [3.8, 4) is 5.75 Å². The number of ether oxygens (including phenoxy) is 1. The number of nitrogens with one attached hydrogen (secondary N) is 1. The zero-order valence-corrected chi connectivity index (χ0v) is 22.9. The van der Waals surface area contributed by atoms with Gasteiger partial charge in [-0.15, -0.1) is 0 Å². The number of nitrogens with zero attached hydrogens (tertiary/aromatic N) is 1. The van der Waals surface area contributed by atoms with Gasteiger partial charge in [-0.3, -0.25) is 9.59 Å². The lowest BCUT2D eigenvalue weighted by atomic mass is 9.94. The molecule has 0 aliphatic heterocycles. The summed E-state index contributed by atoms with van der Waals surface area (Å²) in [7, 11) is 0. The molecule has 3 aromatic rings. The molecule has 0 bridgehead atoms. The highest BCUT2D eigenvalue weighted by Gasteiger charge is 2.32. The fraction of sp³-hybridized carbons (Fsp3) is 0.394. The SMILES string of the molecule is Cc1cccc(CN(C(=O)COc2ccc(C)c(C)c2)C(Cc2ccccc2)C(=O)NC2CCCCC2)c1. The van der Waals surface area contributed by atoms with Crippen molar-refractivity contribution in [2.75, 3.05) is 6.61 Å². The van der Waals surface area contributed by atoms with Gasteiger partial charge in [-0.2, -0.15) is 0 Å². The van der Waals surface area contributed by atoms with Crippen molar-refractivity contribution in [3.05, 3.63) is 101 Å². The summed E-state index contributed by atoms with van der Waals surface area (Å²) in [5.74, 6) is 0.362. The van der Waals surface area contributed by atoms with Crippen molar-refractivity contribution < 1.29 is 14.3 Å². The lowest BCUT2D eigenvalue weighted by Gasteiger charge is -2.33. The van der Waals surface area contributed by atoms with Gasteiger partial charge in [0.2, 0.25) is 5.91 Å². The predicted molar refractivity (Wildman–Crippen MR) is 152 cm³/mol. The molecule has 1 N–H and O–H groups in total. The maximum absolute atomic E-state index is 13.8. The van der Waals surface area contributed by atoms with Crippen molar-refractivity contribution in [1.82, 2.24) is 10.2 Å². The molecular weight excluding hydrogens is 472 g/mol. The Hall–Kier alpha value is -3.60. The first-order valence-electron chi connectivity index (χ1n) is 13.8. The molecule has 0 saturated heterocycles. The Morgan fingerprint density at radius 3 is 2.32 bits per heavy atom. The van der Waals surface area contributed by atoms with Crippen molar-refractivity contribution in [1.29, 1.82) is 0 Å². The van der Waals surface area contributed by atoms with Crippen LogP contribution in [0.1, 0.15) is 59.9 Å². The van der Waals surface area contributed by atoms with Crippen molar-refractivity contribution in [2.24, 2.45) is 0 Å². The Bertz CT molecular complexity index is 1220. The lowest BCUT2D eigenvalue weighted by Crippen LogP contribution is -2.53. The first-order chi connectivity index (χ1) is 18.4. The molecule has 200 valence electrons. The summed E-state index contributed by atoms with van der Waals surface area (Å²) in [4.78, 5) is 29.3. The van der Waals surface area contributed by atoms with E-state index in [0.29, 0.717) is 18.7 Å². The Kier molecular flexibility index (Phi) is 9.58. The van der Waals surface area contributed by atoms with E-state index >= 15 is 0 Å². The second kappa shape index (κ2) is 13.3. The normalized spacial score (nSPS) is 14.5. The van der Waals surface area contributed by atoms with Crippen molar-refractivity contribution in [3.63, 3.8) is 0 Å². The number of aryl methyl sites for hydroxylation is 3. The summed E-state index contributed by atoms with van der Waals surface area (Å²) in [5.41, 5.74) is 5.42. The molecule has 5 heteroatoms. The molecule has 1 aliphatic carbocycles. The Labute approximate surface area is 227 Å². The van der Waals surface area contributed by atoms with Crippen LogP contribution in [0.5, 0.6) is 5.75 Å². The summed E-state index contributed by atoms with van der Waals surface area (Å²) in [6, 6.07) is 23.4. The number of rotatable bonds is 10. The second-order valence-electron chi connectivity index (χ2n) is 10.6. The number of benzene rings is 3. The highest BCUT2D eigenvalue weighted by molar-refractivity contribution is 5.88. The largest absolute Gasteiger partial charge is 0.484 e. The maximum atomic E-state index is 13.8. The van der Waals surface area contributed by atoms with Gasteiger partial charge in [-0.05, 0) is 68.0 Å². The topological polar surface area (TPSA) is 58.6 Å². The van der Waals surface area contributed by atoms with Crippen LogP contribution < -0.4 is 10.1 Å². The predicted octanol–water partition coefficient (Wildman–Crippen LogP) is 6.08.